The molecule has 0 bridgehead atoms. The van der Waals surface area contributed by atoms with Crippen molar-refractivity contribution < 1.29 is 4.74 Å². The molecule has 0 aliphatic heterocycles. The molecule has 5 nitrogen and oxygen atoms in total. The van der Waals surface area contributed by atoms with Gasteiger partial charge in [-0.25, -0.2) is 4.98 Å². The normalized spacial score (nSPS) is 16.3. The molecule has 0 aromatic carbocycles. The van der Waals surface area contributed by atoms with Crippen LogP contribution in [0, 0.1) is 3.57 Å². The van der Waals surface area contributed by atoms with Gasteiger partial charge in [0.1, 0.15) is 9.39 Å². The van der Waals surface area contributed by atoms with Crippen LogP contribution in [-0.4, -0.2) is 29.2 Å². The Hall–Kier alpha value is -0.630. The van der Waals surface area contributed by atoms with Crippen molar-refractivity contribution in [3.63, 3.8) is 0 Å². The van der Waals surface area contributed by atoms with Crippen LogP contribution in [0.2, 0.25) is 0 Å². The average molecular weight is 349 g/mol. The fourth-order valence-corrected chi connectivity index (χ4v) is 2.44. The molecular formula is C11H16IN3O2. The summed E-state index contributed by atoms with van der Waals surface area (Å²) in [4.78, 5) is 17.9. The molecule has 1 aliphatic carbocycles. The first-order valence-corrected chi connectivity index (χ1v) is 6.94. The lowest BCUT2D eigenvalue weighted by atomic mass is 10.3. The largest absolute Gasteiger partial charge is 0.376 e. The summed E-state index contributed by atoms with van der Waals surface area (Å²) in [5, 5.41) is 3.11. The minimum Gasteiger partial charge on any atom is -0.376 e. The van der Waals surface area contributed by atoms with Crippen molar-refractivity contribution in [3.8, 4) is 0 Å². The van der Waals surface area contributed by atoms with Gasteiger partial charge < -0.3 is 15.0 Å². The van der Waals surface area contributed by atoms with E-state index in [1.165, 1.54) is 32.0 Å². The van der Waals surface area contributed by atoms with Gasteiger partial charge in [-0.3, -0.25) is 4.79 Å². The summed E-state index contributed by atoms with van der Waals surface area (Å²) >= 11 is 1.99. The molecule has 1 aliphatic rings. The Kier molecular flexibility index (Phi) is 4.78. The Morgan fingerprint density at radius 3 is 3.06 bits per heavy atom. The van der Waals surface area contributed by atoms with E-state index in [0.29, 0.717) is 28.6 Å². The molecule has 0 atom stereocenters. The second-order valence-electron chi connectivity index (χ2n) is 4.10. The molecule has 0 saturated heterocycles. The predicted molar refractivity (Wildman–Crippen MR) is 74.3 cm³/mol. The van der Waals surface area contributed by atoms with Gasteiger partial charge in [-0.1, -0.05) is 12.8 Å². The summed E-state index contributed by atoms with van der Waals surface area (Å²) in [6.45, 7) is 1.35. The van der Waals surface area contributed by atoms with E-state index in [4.69, 9.17) is 4.74 Å². The zero-order valence-electron chi connectivity index (χ0n) is 9.54. The van der Waals surface area contributed by atoms with Gasteiger partial charge in [-0.2, -0.15) is 0 Å². The number of nitrogens with zero attached hydrogens (tertiary/aromatic N) is 1. The minimum atomic E-state index is -0.111. The van der Waals surface area contributed by atoms with E-state index in [1.54, 1.807) is 0 Å². The first-order valence-electron chi connectivity index (χ1n) is 5.86. The van der Waals surface area contributed by atoms with Gasteiger partial charge in [0.05, 0.1) is 19.0 Å². The number of ether oxygens (including phenoxy) is 1. The van der Waals surface area contributed by atoms with Gasteiger partial charge in [0.2, 0.25) is 0 Å². The molecule has 0 amide bonds. The molecule has 0 radical (unpaired) electrons. The Morgan fingerprint density at radius 1 is 1.53 bits per heavy atom. The van der Waals surface area contributed by atoms with Crippen molar-refractivity contribution >= 4 is 28.4 Å². The summed E-state index contributed by atoms with van der Waals surface area (Å²) in [7, 11) is 0. The van der Waals surface area contributed by atoms with Crippen molar-refractivity contribution in [1.82, 2.24) is 9.97 Å². The van der Waals surface area contributed by atoms with E-state index in [2.05, 4.69) is 15.3 Å². The Balaban J connectivity index is 1.74. The van der Waals surface area contributed by atoms with Gasteiger partial charge >= 0.3 is 0 Å². The SMILES string of the molecule is O=c1[nH]cnc(NCCOC2CCCC2)c1I. The van der Waals surface area contributed by atoms with Crippen LogP contribution in [0.1, 0.15) is 25.7 Å². The number of halogens is 1. The third kappa shape index (κ3) is 3.67. The Bertz CT molecular complexity index is 415. The number of hydrogen-bond acceptors (Lipinski definition) is 4. The summed E-state index contributed by atoms with van der Waals surface area (Å²) in [5.41, 5.74) is -0.111. The molecule has 1 aromatic heterocycles. The predicted octanol–water partition coefficient (Wildman–Crippen LogP) is 1.75. The van der Waals surface area contributed by atoms with Gasteiger partial charge in [-0.05, 0) is 35.4 Å². The molecule has 1 heterocycles. The van der Waals surface area contributed by atoms with Crippen LogP contribution in [0.15, 0.2) is 11.1 Å². The number of aromatic amines is 1. The van der Waals surface area contributed by atoms with Gasteiger partial charge in [-0.15, -0.1) is 0 Å². The minimum absolute atomic E-state index is 0.111. The molecule has 2 N–H and O–H groups in total. The number of rotatable bonds is 5. The van der Waals surface area contributed by atoms with Crippen LogP contribution in [0.5, 0.6) is 0 Å². The maximum atomic E-state index is 11.3. The van der Waals surface area contributed by atoms with Crippen LogP contribution in [0.3, 0.4) is 0 Å². The number of nitrogens with one attached hydrogen (secondary N) is 2. The van der Waals surface area contributed by atoms with E-state index >= 15 is 0 Å². The summed E-state index contributed by atoms with van der Waals surface area (Å²) < 4.78 is 6.30. The highest BCUT2D eigenvalue weighted by atomic mass is 127. The van der Waals surface area contributed by atoms with Crippen LogP contribution in [-0.2, 0) is 4.74 Å². The van der Waals surface area contributed by atoms with Crippen molar-refractivity contribution in [1.29, 1.82) is 0 Å². The molecule has 0 unspecified atom stereocenters. The second-order valence-corrected chi connectivity index (χ2v) is 5.18. The van der Waals surface area contributed by atoms with E-state index in [0.717, 1.165) is 0 Å². The van der Waals surface area contributed by atoms with E-state index in [9.17, 15) is 4.79 Å². The highest BCUT2D eigenvalue weighted by Gasteiger charge is 2.14. The standard InChI is InChI=1S/C11H16IN3O2/c12-9-10(14-7-15-11(9)16)13-5-6-17-8-3-1-2-4-8/h7-8H,1-6H2,(H2,13,14,15,16). The van der Waals surface area contributed by atoms with Crippen LogP contribution >= 0.6 is 22.6 Å². The maximum absolute atomic E-state index is 11.3. The molecular weight excluding hydrogens is 333 g/mol. The zero-order valence-corrected chi connectivity index (χ0v) is 11.7. The molecule has 0 spiro atoms. The van der Waals surface area contributed by atoms with Gasteiger partial charge in [0.25, 0.3) is 5.56 Å². The van der Waals surface area contributed by atoms with Crippen LogP contribution in [0.25, 0.3) is 0 Å². The zero-order chi connectivity index (χ0) is 12.1. The van der Waals surface area contributed by atoms with Crippen LogP contribution < -0.4 is 10.9 Å². The Morgan fingerprint density at radius 2 is 2.29 bits per heavy atom. The van der Waals surface area contributed by atoms with E-state index in [-0.39, 0.29) is 5.56 Å². The third-order valence-corrected chi connectivity index (χ3v) is 3.85. The fourth-order valence-electron chi connectivity index (χ4n) is 1.96. The lowest BCUT2D eigenvalue weighted by Gasteiger charge is -2.11. The first kappa shape index (κ1) is 12.8. The fraction of sp³-hybridized carbons (Fsp3) is 0.636. The van der Waals surface area contributed by atoms with Crippen molar-refractivity contribution in [2.45, 2.75) is 31.8 Å². The number of anilines is 1. The monoisotopic (exact) mass is 349 g/mol. The van der Waals surface area contributed by atoms with E-state index < -0.39 is 0 Å². The first-order chi connectivity index (χ1) is 8.27. The van der Waals surface area contributed by atoms with Crippen molar-refractivity contribution in [2.75, 3.05) is 18.5 Å². The lowest BCUT2D eigenvalue weighted by molar-refractivity contribution is 0.0658. The average Bonchev–Trinajstić information content (AvgIpc) is 2.83. The maximum Gasteiger partial charge on any atom is 0.266 e. The van der Waals surface area contributed by atoms with Gasteiger partial charge in [0, 0.05) is 6.54 Å². The highest BCUT2D eigenvalue weighted by molar-refractivity contribution is 14.1. The molecule has 6 heteroatoms. The van der Waals surface area contributed by atoms with Crippen molar-refractivity contribution in [2.24, 2.45) is 0 Å². The third-order valence-electron chi connectivity index (χ3n) is 2.85. The molecule has 1 saturated carbocycles. The highest BCUT2D eigenvalue weighted by Crippen LogP contribution is 2.20. The van der Waals surface area contributed by atoms with Crippen LogP contribution in [0.4, 0.5) is 5.82 Å². The topological polar surface area (TPSA) is 67.0 Å². The number of aromatic nitrogens is 2. The smallest absolute Gasteiger partial charge is 0.266 e. The molecule has 2 rings (SSSR count). The quantitative estimate of drug-likeness (QED) is 0.628. The summed E-state index contributed by atoms with van der Waals surface area (Å²) in [6, 6.07) is 0. The Labute approximate surface area is 114 Å². The van der Waals surface area contributed by atoms with Crippen molar-refractivity contribution in [3.05, 3.63) is 20.3 Å². The second kappa shape index (κ2) is 6.34. The summed E-state index contributed by atoms with van der Waals surface area (Å²) in [6.07, 6.45) is 6.77. The number of hydrogen-bond donors (Lipinski definition) is 2. The summed E-state index contributed by atoms with van der Waals surface area (Å²) in [5.74, 6) is 0.629. The van der Waals surface area contributed by atoms with Gasteiger partial charge in [0.15, 0.2) is 0 Å². The molecule has 1 fully saturated rings. The van der Waals surface area contributed by atoms with E-state index in [1.807, 2.05) is 22.6 Å². The molecule has 1 aromatic rings. The number of H-pyrrole nitrogens is 1. The molecule has 94 valence electrons. The molecule has 17 heavy (non-hydrogen) atoms. The lowest BCUT2D eigenvalue weighted by Crippen LogP contribution is -2.19.